The SMILES string of the molecule is CC(O)CCNC(C)c1cc(F)c(F)c(F)c1. The third-order valence-corrected chi connectivity index (χ3v) is 2.52. The van der Waals surface area contributed by atoms with Crippen LogP contribution in [0, 0.1) is 17.5 Å². The van der Waals surface area contributed by atoms with Gasteiger partial charge in [0.15, 0.2) is 17.5 Å². The van der Waals surface area contributed by atoms with Gasteiger partial charge in [0, 0.05) is 6.04 Å². The highest BCUT2D eigenvalue weighted by Gasteiger charge is 2.14. The smallest absolute Gasteiger partial charge is 0.194 e. The summed E-state index contributed by atoms with van der Waals surface area (Å²) in [4.78, 5) is 0. The van der Waals surface area contributed by atoms with Crippen molar-refractivity contribution < 1.29 is 18.3 Å². The summed E-state index contributed by atoms with van der Waals surface area (Å²) in [6.45, 7) is 3.89. The van der Waals surface area contributed by atoms with E-state index < -0.39 is 23.6 Å². The molecule has 0 bridgehead atoms. The third kappa shape index (κ3) is 4.02. The second kappa shape index (κ2) is 6.02. The van der Waals surface area contributed by atoms with E-state index in [1.807, 2.05) is 0 Å². The summed E-state index contributed by atoms with van der Waals surface area (Å²) >= 11 is 0. The zero-order valence-electron chi connectivity index (χ0n) is 9.80. The van der Waals surface area contributed by atoms with Gasteiger partial charge in [-0.2, -0.15) is 0 Å². The Morgan fingerprint density at radius 1 is 1.18 bits per heavy atom. The van der Waals surface area contributed by atoms with Crippen LogP contribution in [-0.4, -0.2) is 17.8 Å². The molecular formula is C12H16F3NO. The molecular weight excluding hydrogens is 231 g/mol. The first-order valence-corrected chi connectivity index (χ1v) is 5.47. The molecule has 0 aliphatic carbocycles. The van der Waals surface area contributed by atoms with E-state index in [2.05, 4.69) is 5.32 Å². The molecule has 0 fully saturated rings. The van der Waals surface area contributed by atoms with Crippen LogP contribution in [0.5, 0.6) is 0 Å². The first kappa shape index (κ1) is 14.0. The molecule has 0 heterocycles. The Balaban J connectivity index is 2.66. The van der Waals surface area contributed by atoms with Crippen molar-refractivity contribution in [2.24, 2.45) is 0 Å². The Kier molecular flexibility index (Phi) is 4.96. The van der Waals surface area contributed by atoms with Crippen molar-refractivity contribution in [2.45, 2.75) is 32.4 Å². The number of hydrogen-bond donors (Lipinski definition) is 2. The van der Waals surface area contributed by atoms with Crippen molar-refractivity contribution in [3.05, 3.63) is 35.1 Å². The van der Waals surface area contributed by atoms with Crippen molar-refractivity contribution in [2.75, 3.05) is 6.54 Å². The lowest BCUT2D eigenvalue weighted by Crippen LogP contribution is -2.23. The Morgan fingerprint density at radius 2 is 1.71 bits per heavy atom. The second-order valence-corrected chi connectivity index (χ2v) is 4.11. The topological polar surface area (TPSA) is 32.3 Å². The van der Waals surface area contributed by atoms with Gasteiger partial charge < -0.3 is 10.4 Å². The molecule has 0 saturated heterocycles. The molecule has 17 heavy (non-hydrogen) atoms. The molecule has 0 aromatic heterocycles. The third-order valence-electron chi connectivity index (χ3n) is 2.52. The molecule has 2 nitrogen and oxygen atoms in total. The number of halogens is 3. The van der Waals surface area contributed by atoms with E-state index in [9.17, 15) is 13.2 Å². The monoisotopic (exact) mass is 247 g/mol. The molecule has 96 valence electrons. The molecule has 2 N–H and O–H groups in total. The molecule has 0 saturated carbocycles. The van der Waals surface area contributed by atoms with Gasteiger partial charge in [-0.05, 0) is 44.5 Å². The fourth-order valence-corrected chi connectivity index (χ4v) is 1.45. The number of rotatable bonds is 5. The van der Waals surface area contributed by atoms with Gasteiger partial charge in [-0.1, -0.05) is 0 Å². The van der Waals surface area contributed by atoms with Crippen molar-refractivity contribution in [1.29, 1.82) is 0 Å². The van der Waals surface area contributed by atoms with Crippen LogP contribution in [0.25, 0.3) is 0 Å². The van der Waals surface area contributed by atoms with E-state index in [0.29, 0.717) is 18.5 Å². The maximum Gasteiger partial charge on any atom is 0.194 e. The van der Waals surface area contributed by atoms with Gasteiger partial charge in [-0.15, -0.1) is 0 Å². The average molecular weight is 247 g/mol. The molecule has 1 rings (SSSR count). The van der Waals surface area contributed by atoms with Crippen LogP contribution in [0.3, 0.4) is 0 Å². The Bertz CT molecular complexity index is 359. The van der Waals surface area contributed by atoms with Crippen LogP contribution in [0.2, 0.25) is 0 Å². The highest BCUT2D eigenvalue weighted by atomic mass is 19.2. The lowest BCUT2D eigenvalue weighted by Gasteiger charge is -2.15. The summed E-state index contributed by atoms with van der Waals surface area (Å²) in [5.41, 5.74) is 0.340. The van der Waals surface area contributed by atoms with Crippen molar-refractivity contribution in [3.8, 4) is 0 Å². The maximum atomic E-state index is 13.0. The van der Waals surface area contributed by atoms with Crippen LogP contribution in [0.1, 0.15) is 31.9 Å². The molecule has 0 spiro atoms. The van der Waals surface area contributed by atoms with Crippen molar-refractivity contribution >= 4 is 0 Å². The number of benzene rings is 1. The standard InChI is InChI=1S/C12H16F3NO/c1-7(17)3-4-16-8(2)9-5-10(13)12(15)11(14)6-9/h5-8,16-17H,3-4H2,1-2H3. The summed E-state index contributed by atoms with van der Waals surface area (Å²) < 4.78 is 38.7. The molecule has 2 atom stereocenters. The van der Waals surface area contributed by atoms with E-state index in [-0.39, 0.29) is 6.04 Å². The van der Waals surface area contributed by atoms with E-state index in [1.165, 1.54) is 0 Å². The molecule has 5 heteroatoms. The van der Waals surface area contributed by atoms with Gasteiger partial charge in [0.25, 0.3) is 0 Å². The molecule has 0 aliphatic rings. The lowest BCUT2D eigenvalue weighted by molar-refractivity contribution is 0.182. The quantitative estimate of drug-likeness (QED) is 0.784. The summed E-state index contributed by atoms with van der Waals surface area (Å²) in [7, 11) is 0. The summed E-state index contributed by atoms with van der Waals surface area (Å²) in [6, 6.07) is 1.63. The summed E-state index contributed by atoms with van der Waals surface area (Å²) in [5, 5.41) is 12.0. The van der Waals surface area contributed by atoms with Crippen LogP contribution < -0.4 is 5.32 Å². The predicted octanol–water partition coefficient (Wildman–Crippen LogP) is 2.53. The fraction of sp³-hybridized carbons (Fsp3) is 0.500. The molecule has 1 aromatic rings. The van der Waals surface area contributed by atoms with Gasteiger partial charge in [-0.3, -0.25) is 0 Å². The molecule has 2 unspecified atom stereocenters. The van der Waals surface area contributed by atoms with E-state index in [1.54, 1.807) is 13.8 Å². The van der Waals surface area contributed by atoms with Gasteiger partial charge in [0.05, 0.1) is 6.10 Å². The van der Waals surface area contributed by atoms with Crippen LogP contribution in [0.4, 0.5) is 13.2 Å². The molecule has 0 radical (unpaired) electrons. The van der Waals surface area contributed by atoms with E-state index >= 15 is 0 Å². The zero-order chi connectivity index (χ0) is 13.0. The number of aliphatic hydroxyl groups is 1. The first-order chi connectivity index (χ1) is 7.91. The van der Waals surface area contributed by atoms with Crippen LogP contribution >= 0.6 is 0 Å². The zero-order valence-corrected chi connectivity index (χ0v) is 9.80. The van der Waals surface area contributed by atoms with Crippen LogP contribution in [-0.2, 0) is 0 Å². The van der Waals surface area contributed by atoms with Crippen molar-refractivity contribution in [1.82, 2.24) is 5.32 Å². The van der Waals surface area contributed by atoms with Crippen molar-refractivity contribution in [3.63, 3.8) is 0 Å². The summed E-state index contributed by atoms with van der Waals surface area (Å²) in [6.07, 6.45) is 0.104. The minimum atomic E-state index is -1.45. The molecule has 0 amide bonds. The predicted molar refractivity (Wildman–Crippen MR) is 59.0 cm³/mol. The van der Waals surface area contributed by atoms with E-state index in [0.717, 1.165) is 12.1 Å². The molecule has 0 aliphatic heterocycles. The van der Waals surface area contributed by atoms with E-state index in [4.69, 9.17) is 5.11 Å². The first-order valence-electron chi connectivity index (χ1n) is 5.47. The number of aliphatic hydroxyl groups excluding tert-OH is 1. The van der Waals surface area contributed by atoms with Gasteiger partial charge in [-0.25, -0.2) is 13.2 Å². The van der Waals surface area contributed by atoms with Gasteiger partial charge in [0.1, 0.15) is 0 Å². The minimum Gasteiger partial charge on any atom is -0.393 e. The highest BCUT2D eigenvalue weighted by molar-refractivity contribution is 5.22. The van der Waals surface area contributed by atoms with Gasteiger partial charge in [0.2, 0.25) is 0 Å². The Morgan fingerprint density at radius 3 is 2.18 bits per heavy atom. The Labute approximate surface area is 98.5 Å². The average Bonchev–Trinajstić information content (AvgIpc) is 2.24. The Hall–Kier alpha value is -1.07. The van der Waals surface area contributed by atoms with Gasteiger partial charge >= 0.3 is 0 Å². The van der Waals surface area contributed by atoms with Crippen LogP contribution in [0.15, 0.2) is 12.1 Å². The minimum absolute atomic E-state index is 0.307. The fourth-order valence-electron chi connectivity index (χ4n) is 1.45. The highest BCUT2D eigenvalue weighted by Crippen LogP contribution is 2.19. The maximum absolute atomic E-state index is 13.0. The normalized spacial score (nSPS) is 14.7. The largest absolute Gasteiger partial charge is 0.393 e. The lowest BCUT2D eigenvalue weighted by atomic mass is 10.1. The molecule has 1 aromatic carbocycles. The number of nitrogens with one attached hydrogen (secondary N) is 1. The second-order valence-electron chi connectivity index (χ2n) is 4.11. The summed E-state index contributed by atoms with van der Waals surface area (Å²) in [5.74, 6) is -3.83. The number of hydrogen-bond acceptors (Lipinski definition) is 2.